The van der Waals surface area contributed by atoms with Crippen molar-refractivity contribution in [1.82, 2.24) is 69.8 Å². The van der Waals surface area contributed by atoms with Crippen LogP contribution in [-0.4, -0.2) is 99.2 Å². The molecule has 0 aliphatic rings. The molecule has 114 heavy (non-hydrogen) atoms. The predicted octanol–water partition coefficient (Wildman–Crippen LogP) is 15.4. The molecule has 10 aromatic heterocycles. The highest BCUT2D eigenvalue weighted by Gasteiger charge is 2.19. The number of anilines is 5. The average Bonchev–Trinajstić information content (AvgIpc) is 0.831. The molecular formula is C88H85N19O7. The third-order valence-corrected chi connectivity index (χ3v) is 16.6. The van der Waals surface area contributed by atoms with Crippen LogP contribution in [0.4, 0.5) is 29.0 Å². The second kappa shape index (κ2) is 37.9. The lowest BCUT2D eigenvalue weighted by molar-refractivity contribution is 0.426. The summed E-state index contributed by atoms with van der Waals surface area (Å²) in [6.07, 6.45) is 16.7. The fraction of sp³-hybridized carbons (Fsp3) is 0.205. The molecule has 0 bridgehead atoms. The molecule has 11 N–H and O–H groups in total. The molecule has 26 heteroatoms. The SMILES string of the molecule is Cc1ncc(Oc2cc(C#Cc3c(O)cc(O)cc3O)ncc2C(C)C)c(N)n1.Cc1ncc(Oc2cc(C#Cc3ccc(N(C)C)cc3)ncc2C(C)C)c(N)n1.Cc1ncc(Oc2cc(C#Cc3cccc4cccnc34)ncc2C(C)C)c(N)n1.Cc1ncc(Oc2cc(C#Cc3ccccn3)ncc2C(C)C)c(N)n1. The minimum absolute atomic E-state index is 0.0174. The maximum atomic E-state index is 9.87. The van der Waals surface area contributed by atoms with Crippen molar-refractivity contribution >= 4 is 39.9 Å². The van der Waals surface area contributed by atoms with E-state index in [0.29, 0.717) is 115 Å². The number of para-hydroxylation sites is 1. The summed E-state index contributed by atoms with van der Waals surface area (Å²) in [5.41, 5.74) is 34.1. The lowest BCUT2D eigenvalue weighted by atomic mass is 10.0. The van der Waals surface area contributed by atoms with E-state index in [2.05, 4.69) is 159 Å². The second-order valence-electron chi connectivity index (χ2n) is 27.0. The highest BCUT2D eigenvalue weighted by atomic mass is 16.5. The van der Waals surface area contributed by atoms with Gasteiger partial charge in [0.15, 0.2) is 46.3 Å². The lowest BCUT2D eigenvalue weighted by Gasteiger charge is -2.14. The molecule has 0 fully saturated rings. The summed E-state index contributed by atoms with van der Waals surface area (Å²) in [5.74, 6) is 31.3. The summed E-state index contributed by atoms with van der Waals surface area (Å²) >= 11 is 0. The van der Waals surface area contributed by atoms with Crippen molar-refractivity contribution in [3.05, 3.63) is 262 Å². The summed E-state index contributed by atoms with van der Waals surface area (Å²) in [6, 6.07) is 32.8. The normalized spacial score (nSPS) is 10.5. The number of hydrogen-bond donors (Lipinski definition) is 7. The Balaban J connectivity index is 0.000000161. The van der Waals surface area contributed by atoms with Gasteiger partial charge in [0.1, 0.15) is 97.6 Å². The van der Waals surface area contributed by atoms with E-state index in [-0.39, 0.29) is 52.3 Å². The molecule has 0 atom stereocenters. The molecule has 574 valence electrons. The first-order chi connectivity index (χ1) is 54.6. The van der Waals surface area contributed by atoms with Crippen LogP contribution in [0.3, 0.4) is 0 Å². The number of fused-ring (bicyclic) bond motifs is 1. The van der Waals surface area contributed by atoms with Crippen LogP contribution in [0.2, 0.25) is 0 Å². The molecule has 0 spiro atoms. The van der Waals surface area contributed by atoms with Crippen molar-refractivity contribution in [1.29, 1.82) is 0 Å². The van der Waals surface area contributed by atoms with Crippen molar-refractivity contribution < 1.29 is 34.3 Å². The summed E-state index contributed by atoms with van der Waals surface area (Å²) in [6.45, 7) is 23.5. The van der Waals surface area contributed by atoms with Crippen LogP contribution in [0, 0.1) is 75.1 Å². The summed E-state index contributed by atoms with van der Waals surface area (Å²) in [5, 5.41) is 30.2. The molecule has 10 heterocycles. The number of aromatic hydroxyl groups is 3. The van der Waals surface area contributed by atoms with E-state index in [9.17, 15) is 15.3 Å². The standard InChI is InChI=1S/C24H21N5O.C23H25N5O.C21H20N4O4.C20H19N5O/c1-15(2)20-13-28-19(12-21(20)30-22-14-27-16(3)29-24(22)25)10-9-18-7-4-6-17-8-5-11-26-23(17)18;1-15(2)20-13-26-18(9-6-17-7-10-19(11-8-17)28(4)5)12-21(20)29-22-14-25-16(3)27-23(22)24;1-11(2)16-9-24-13(4-5-15-17(27)7-14(26)8-18(15)28)6-19(16)29-20-10-23-12(3)25-21(20)22;1-13(2)17-11-24-16(8-7-15-6-4-5-9-22-15)10-18(17)26-19-12-23-14(3)25-20(19)21/h4-8,11-15H,1-3H3,(H2,25,27,29);7-8,10-15H,1-5H3,(H2,24,25,27);6-11,26-28H,1-3H3,(H2,22,23,25);4-6,9-13H,1-3H3,(H2,21,23,25). The van der Waals surface area contributed by atoms with E-state index in [1.165, 1.54) is 6.20 Å². The molecule has 26 nitrogen and oxygen atoms in total. The Morgan fingerprint density at radius 1 is 0.342 bits per heavy atom. The fourth-order valence-corrected chi connectivity index (χ4v) is 10.6. The van der Waals surface area contributed by atoms with Crippen molar-refractivity contribution in [3.63, 3.8) is 0 Å². The van der Waals surface area contributed by atoms with Crippen LogP contribution in [0.15, 0.2) is 171 Å². The van der Waals surface area contributed by atoms with Crippen LogP contribution in [0.1, 0.15) is 170 Å². The Labute approximate surface area is 661 Å². The van der Waals surface area contributed by atoms with E-state index < -0.39 is 0 Å². The monoisotopic (exact) mass is 1520 g/mol. The molecule has 0 saturated heterocycles. The molecule has 0 aliphatic heterocycles. The van der Waals surface area contributed by atoms with Gasteiger partial charge in [0.2, 0.25) is 0 Å². The molecule has 3 aromatic carbocycles. The van der Waals surface area contributed by atoms with Gasteiger partial charge in [-0.2, -0.15) is 0 Å². The number of nitrogen functional groups attached to an aromatic ring is 4. The maximum Gasteiger partial charge on any atom is 0.187 e. The largest absolute Gasteiger partial charge is 0.508 e. The van der Waals surface area contributed by atoms with Crippen LogP contribution >= 0.6 is 0 Å². The number of aromatic nitrogens is 14. The Kier molecular flexibility index (Phi) is 27.1. The Morgan fingerprint density at radius 3 is 1.07 bits per heavy atom. The van der Waals surface area contributed by atoms with E-state index in [1.54, 1.807) is 95.6 Å². The predicted molar refractivity (Wildman–Crippen MR) is 440 cm³/mol. The first-order valence-corrected chi connectivity index (χ1v) is 36.0. The minimum atomic E-state index is -0.338. The van der Waals surface area contributed by atoms with Gasteiger partial charge in [-0.1, -0.05) is 97.4 Å². The first-order valence-electron chi connectivity index (χ1n) is 36.0. The number of pyridine rings is 6. The summed E-state index contributed by atoms with van der Waals surface area (Å²) < 4.78 is 24.0. The van der Waals surface area contributed by atoms with E-state index in [1.807, 2.05) is 118 Å². The van der Waals surface area contributed by atoms with Crippen LogP contribution in [-0.2, 0) is 0 Å². The summed E-state index contributed by atoms with van der Waals surface area (Å²) in [7, 11) is 4.02. The van der Waals surface area contributed by atoms with Gasteiger partial charge in [-0.25, -0.2) is 64.8 Å². The van der Waals surface area contributed by atoms with Gasteiger partial charge in [-0.15, -0.1) is 0 Å². The molecule has 0 unspecified atom stereocenters. The first kappa shape index (κ1) is 81.5. The molecule has 0 saturated carbocycles. The van der Waals surface area contributed by atoms with Gasteiger partial charge in [-0.05, 0) is 129 Å². The van der Waals surface area contributed by atoms with Gasteiger partial charge in [0, 0.05) is 127 Å². The third kappa shape index (κ3) is 22.3. The zero-order chi connectivity index (χ0) is 81.7. The molecule has 13 aromatic rings. The van der Waals surface area contributed by atoms with E-state index in [4.69, 9.17) is 41.9 Å². The number of nitrogens with zero attached hydrogens (tertiary/aromatic N) is 15. The molecular weight excluding hydrogens is 1440 g/mol. The quantitative estimate of drug-likeness (QED) is 0.0527. The number of phenols is 3. The van der Waals surface area contributed by atoms with Gasteiger partial charge < -0.3 is 62.1 Å². The third-order valence-electron chi connectivity index (χ3n) is 16.6. The van der Waals surface area contributed by atoms with Crippen molar-refractivity contribution in [2.45, 2.75) is 107 Å². The number of ether oxygens (including phenoxy) is 4. The smallest absolute Gasteiger partial charge is 0.187 e. The number of hydrogen-bond acceptors (Lipinski definition) is 26. The highest BCUT2D eigenvalue weighted by molar-refractivity contribution is 5.84. The van der Waals surface area contributed by atoms with E-state index >= 15 is 0 Å². The van der Waals surface area contributed by atoms with Crippen molar-refractivity contribution in [2.75, 3.05) is 41.9 Å². The van der Waals surface area contributed by atoms with Crippen LogP contribution in [0.5, 0.6) is 63.2 Å². The number of nitrogens with two attached hydrogens (primary N) is 4. The van der Waals surface area contributed by atoms with Crippen LogP contribution in [0.25, 0.3) is 10.9 Å². The Morgan fingerprint density at radius 2 is 0.702 bits per heavy atom. The number of benzene rings is 3. The minimum Gasteiger partial charge on any atom is -0.508 e. The van der Waals surface area contributed by atoms with Crippen molar-refractivity contribution in [3.8, 4) is 111 Å². The van der Waals surface area contributed by atoms with E-state index in [0.717, 1.165) is 62.1 Å². The van der Waals surface area contributed by atoms with Gasteiger partial charge in [0.05, 0.1) is 35.9 Å². The maximum absolute atomic E-state index is 9.87. The molecule has 0 aliphatic carbocycles. The zero-order valence-corrected chi connectivity index (χ0v) is 65.5. The van der Waals surface area contributed by atoms with Gasteiger partial charge in [0.25, 0.3) is 0 Å². The topological polar surface area (TPSA) is 385 Å². The Bertz CT molecular complexity index is 5870. The molecule has 0 radical (unpaired) electrons. The highest BCUT2D eigenvalue weighted by Crippen LogP contribution is 2.38. The summed E-state index contributed by atoms with van der Waals surface area (Å²) in [4.78, 5) is 61.5. The molecule has 0 amide bonds. The number of phenolic OH excluding ortho intramolecular Hbond substituents is 3. The molecule has 13 rings (SSSR count). The fourth-order valence-electron chi connectivity index (χ4n) is 10.6. The number of rotatable bonds is 13. The van der Waals surface area contributed by atoms with Crippen molar-refractivity contribution in [2.24, 2.45) is 0 Å². The average molecular weight is 1520 g/mol. The number of aryl methyl sites for hydroxylation is 4. The Hall–Kier alpha value is -15.0. The lowest BCUT2D eigenvalue weighted by Crippen LogP contribution is -2.07. The van der Waals surface area contributed by atoms with Gasteiger partial charge >= 0.3 is 0 Å². The van der Waals surface area contributed by atoms with Gasteiger partial charge in [-0.3, -0.25) is 4.98 Å². The van der Waals surface area contributed by atoms with Crippen LogP contribution < -0.4 is 46.8 Å². The second-order valence-corrected chi connectivity index (χ2v) is 27.0. The zero-order valence-electron chi connectivity index (χ0n) is 65.5.